The number of carbonyl (C=O) groups is 2. The molecule has 1 unspecified atom stereocenters. The van der Waals surface area contributed by atoms with Gasteiger partial charge in [0.05, 0.1) is 18.5 Å². The van der Waals surface area contributed by atoms with Gasteiger partial charge in [-0.05, 0) is 30.3 Å². The van der Waals surface area contributed by atoms with E-state index >= 15 is 8.78 Å². The van der Waals surface area contributed by atoms with E-state index in [0.717, 1.165) is 12.1 Å². The number of anilines is 2. The van der Waals surface area contributed by atoms with E-state index in [2.05, 4.69) is 15.6 Å². The third-order valence-corrected chi connectivity index (χ3v) is 6.67. The monoisotopic (exact) mass is 525 g/mol. The second kappa shape index (κ2) is 9.70. The molecular formula is C26H22ClF2N5O3. The Morgan fingerprint density at radius 2 is 1.86 bits per heavy atom. The predicted octanol–water partition coefficient (Wildman–Crippen LogP) is 4.25. The van der Waals surface area contributed by atoms with Crippen LogP contribution in [0.25, 0.3) is 5.65 Å². The maximum atomic E-state index is 15.2. The molecule has 2 atom stereocenters. The average molecular weight is 526 g/mol. The van der Waals surface area contributed by atoms with Crippen LogP contribution in [0.2, 0.25) is 5.02 Å². The van der Waals surface area contributed by atoms with E-state index in [4.69, 9.17) is 16.3 Å². The van der Waals surface area contributed by atoms with Crippen LogP contribution in [0.4, 0.5) is 20.2 Å². The Hall–Kier alpha value is -4.18. The average Bonchev–Trinajstić information content (AvgIpc) is 3.48. The van der Waals surface area contributed by atoms with Gasteiger partial charge in [-0.15, -0.1) is 0 Å². The summed E-state index contributed by atoms with van der Waals surface area (Å²) in [6.45, 7) is -0.0970. The molecule has 0 aliphatic carbocycles. The summed E-state index contributed by atoms with van der Waals surface area (Å²) >= 11 is 5.92. The second-order valence-electron chi connectivity index (χ2n) is 8.54. The van der Waals surface area contributed by atoms with Crippen LogP contribution in [0.3, 0.4) is 0 Å². The normalized spacial score (nSPS) is 17.3. The van der Waals surface area contributed by atoms with Crippen molar-refractivity contribution in [2.75, 3.05) is 30.9 Å². The third kappa shape index (κ3) is 4.44. The van der Waals surface area contributed by atoms with Gasteiger partial charge in [-0.2, -0.15) is 0 Å². The molecular weight excluding hydrogens is 504 g/mol. The predicted molar refractivity (Wildman–Crippen MR) is 135 cm³/mol. The fourth-order valence-corrected chi connectivity index (χ4v) is 4.70. The number of methoxy groups -OCH3 is 1. The lowest BCUT2D eigenvalue weighted by Gasteiger charge is -2.20. The van der Waals surface area contributed by atoms with Crippen molar-refractivity contribution in [2.45, 2.75) is 12.0 Å². The largest absolute Gasteiger partial charge is 0.497 e. The molecule has 8 nitrogen and oxygen atoms in total. The van der Waals surface area contributed by atoms with E-state index in [0.29, 0.717) is 22.0 Å². The minimum absolute atomic E-state index is 0.00231. The summed E-state index contributed by atoms with van der Waals surface area (Å²) in [6.07, 6.45) is 5.10. The minimum atomic E-state index is -1.26. The number of aromatic nitrogens is 2. The summed E-state index contributed by atoms with van der Waals surface area (Å²) in [5, 5.41) is 6.15. The zero-order chi connectivity index (χ0) is 26.3. The topological polar surface area (TPSA) is 88.0 Å². The number of fused-ring (bicyclic) bond motifs is 1. The molecule has 1 aliphatic heterocycles. The molecule has 2 aromatic heterocycles. The standard InChI is InChI=1S/C26H22ClF2N5O3/c1-30-16-9-21(24-31-7-8-33(24)12-16)34-13-18(22-19(28)10-17(37-2)11-20(22)29)23(26(34)36)32-25(35)14-3-5-15(27)6-4-14/h3-12,18,23,30H,13H2,1-2H3,(H,32,35)/t18-,23?/m0/s1. The molecule has 5 rings (SSSR count). The molecule has 11 heteroatoms. The summed E-state index contributed by atoms with van der Waals surface area (Å²) < 4.78 is 37.1. The van der Waals surface area contributed by atoms with Crippen LogP contribution in [-0.2, 0) is 4.79 Å². The maximum absolute atomic E-state index is 15.2. The number of nitrogens with one attached hydrogen (secondary N) is 2. The number of hydrogen-bond donors (Lipinski definition) is 2. The molecule has 2 amide bonds. The van der Waals surface area contributed by atoms with Crippen molar-refractivity contribution in [1.82, 2.24) is 14.7 Å². The van der Waals surface area contributed by atoms with Gasteiger partial charge in [-0.1, -0.05) is 11.6 Å². The Morgan fingerprint density at radius 1 is 1.16 bits per heavy atom. The van der Waals surface area contributed by atoms with E-state index in [9.17, 15) is 9.59 Å². The quantitative estimate of drug-likeness (QED) is 0.393. The second-order valence-corrected chi connectivity index (χ2v) is 8.98. The Morgan fingerprint density at radius 3 is 2.51 bits per heavy atom. The van der Waals surface area contributed by atoms with E-state index in [1.165, 1.54) is 36.3 Å². The number of imidazole rings is 1. The maximum Gasteiger partial charge on any atom is 0.251 e. The number of hydrogen-bond acceptors (Lipinski definition) is 5. The number of nitrogens with zero attached hydrogens (tertiary/aromatic N) is 3. The van der Waals surface area contributed by atoms with Gasteiger partial charge < -0.3 is 24.7 Å². The van der Waals surface area contributed by atoms with Crippen molar-refractivity contribution in [1.29, 1.82) is 0 Å². The summed E-state index contributed by atoms with van der Waals surface area (Å²) in [4.78, 5) is 32.6. The molecule has 2 N–H and O–H groups in total. The first-order valence-electron chi connectivity index (χ1n) is 11.4. The van der Waals surface area contributed by atoms with Crippen molar-refractivity contribution < 1.29 is 23.1 Å². The lowest BCUT2D eigenvalue weighted by atomic mass is 9.92. The molecule has 4 aromatic rings. The van der Waals surface area contributed by atoms with Gasteiger partial charge >= 0.3 is 0 Å². The van der Waals surface area contributed by atoms with E-state index in [-0.39, 0.29) is 23.4 Å². The van der Waals surface area contributed by atoms with Gasteiger partial charge in [0.1, 0.15) is 23.4 Å². The van der Waals surface area contributed by atoms with Crippen LogP contribution in [0.15, 0.2) is 61.1 Å². The number of pyridine rings is 1. The number of halogens is 3. The lowest BCUT2D eigenvalue weighted by molar-refractivity contribution is -0.118. The Kier molecular flexibility index (Phi) is 6.43. The Balaban J connectivity index is 1.59. The Labute approximate surface area is 215 Å². The molecule has 1 aliphatic rings. The molecule has 37 heavy (non-hydrogen) atoms. The molecule has 0 saturated carbocycles. The first kappa shape index (κ1) is 24.5. The van der Waals surface area contributed by atoms with E-state index < -0.39 is 35.4 Å². The molecule has 1 fully saturated rings. The van der Waals surface area contributed by atoms with Gasteiger partial charge in [-0.3, -0.25) is 9.59 Å². The minimum Gasteiger partial charge on any atom is -0.497 e. The number of benzene rings is 2. The summed E-state index contributed by atoms with van der Waals surface area (Å²) in [6, 6.07) is 8.66. The highest BCUT2D eigenvalue weighted by Gasteiger charge is 2.46. The Bertz CT molecular complexity index is 1490. The van der Waals surface area contributed by atoms with Gasteiger partial charge in [0.2, 0.25) is 5.91 Å². The van der Waals surface area contributed by atoms with Crippen LogP contribution >= 0.6 is 11.6 Å². The zero-order valence-electron chi connectivity index (χ0n) is 19.8. The first-order valence-corrected chi connectivity index (χ1v) is 11.7. The van der Waals surface area contributed by atoms with Gasteiger partial charge in [0, 0.05) is 66.4 Å². The lowest BCUT2D eigenvalue weighted by Crippen LogP contribution is -2.44. The summed E-state index contributed by atoms with van der Waals surface area (Å²) in [5.74, 6) is -3.90. The highest BCUT2D eigenvalue weighted by Crippen LogP contribution is 2.38. The fraction of sp³-hybridized carbons (Fsp3) is 0.192. The van der Waals surface area contributed by atoms with Gasteiger partial charge in [0.25, 0.3) is 5.91 Å². The van der Waals surface area contributed by atoms with Gasteiger partial charge in [-0.25, -0.2) is 13.8 Å². The summed E-state index contributed by atoms with van der Waals surface area (Å²) in [7, 11) is 3.03. The van der Waals surface area contributed by atoms with Crippen LogP contribution in [0.1, 0.15) is 21.8 Å². The first-order chi connectivity index (χ1) is 17.8. The third-order valence-electron chi connectivity index (χ3n) is 6.41. The van der Waals surface area contributed by atoms with Crippen LogP contribution in [-0.4, -0.2) is 47.9 Å². The van der Waals surface area contributed by atoms with Crippen molar-refractivity contribution in [3.8, 4) is 5.75 Å². The van der Waals surface area contributed by atoms with E-state index in [1.807, 2.05) is 0 Å². The molecule has 0 radical (unpaired) electrons. The van der Waals surface area contributed by atoms with Crippen molar-refractivity contribution >= 4 is 40.4 Å². The van der Waals surface area contributed by atoms with Crippen LogP contribution in [0, 0.1) is 11.6 Å². The van der Waals surface area contributed by atoms with Crippen molar-refractivity contribution in [3.05, 3.63) is 88.8 Å². The van der Waals surface area contributed by atoms with Crippen LogP contribution < -0.4 is 20.3 Å². The number of ether oxygens (including phenoxy) is 1. The van der Waals surface area contributed by atoms with Crippen molar-refractivity contribution in [2.24, 2.45) is 0 Å². The van der Waals surface area contributed by atoms with Crippen molar-refractivity contribution in [3.63, 3.8) is 0 Å². The molecule has 2 aromatic carbocycles. The highest BCUT2D eigenvalue weighted by molar-refractivity contribution is 6.30. The number of carbonyl (C=O) groups excluding carboxylic acids is 2. The molecule has 190 valence electrons. The number of amides is 2. The SMILES string of the molecule is CNc1cc(N2C[C@@H](c3c(F)cc(OC)cc3F)C(NC(=O)c3ccc(Cl)cc3)C2=O)c2nccn2c1. The molecule has 0 spiro atoms. The number of rotatable bonds is 6. The molecule has 0 bridgehead atoms. The van der Waals surface area contributed by atoms with E-state index in [1.54, 1.807) is 36.1 Å². The highest BCUT2D eigenvalue weighted by atomic mass is 35.5. The summed E-state index contributed by atoms with van der Waals surface area (Å²) in [5.41, 5.74) is 1.54. The fourth-order valence-electron chi connectivity index (χ4n) is 4.58. The molecule has 1 saturated heterocycles. The smallest absolute Gasteiger partial charge is 0.251 e. The van der Waals surface area contributed by atoms with Gasteiger partial charge in [0.15, 0.2) is 5.65 Å². The van der Waals surface area contributed by atoms with Crippen LogP contribution in [0.5, 0.6) is 5.75 Å². The molecule has 3 heterocycles. The zero-order valence-corrected chi connectivity index (χ0v) is 20.6.